The number of aromatic nitrogens is 2. The molecule has 0 aliphatic rings. The van der Waals surface area contributed by atoms with Crippen LogP contribution in [0, 0.1) is 0 Å². The van der Waals surface area contributed by atoms with E-state index in [9.17, 15) is 16.8 Å². The van der Waals surface area contributed by atoms with Crippen LogP contribution in [-0.4, -0.2) is 64.5 Å². The highest BCUT2D eigenvalue weighted by Gasteiger charge is 2.21. The zero-order chi connectivity index (χ0) is 21.2. The van der Waals surface area contributed by atoms with Gasteiger partial charge in [0.1, 0.15) is 0 Å². The van der Waals surface area contributed by atoms with Crippen molar-refractivity contribution >= 4 is 42.7 Å². The molecule has 0 amide bonds. The number of anilines is 2. The summed E-state index contributed by atoms with van der Waals surface area (Å²) in [6, 6.07) is 13.3. The van der Waals surface area contributed by atoms with E-state index in [-0.39, 0.29) is 11.4 Å². The van der Waals surface area contributed by atoms with Crippen LogP contribution in [0.3, 0.4) is 0 Å². The van der Waals surface area contributed by atoms with Crippen LogP contribution in [0.25, 0.3) is 11.0 Å². The summed E-state index contributed by atoms with van der Waals surface area (Å²) in [5, 5.41) is 0. The van der Waals surface area contributed by atoms with Crippen molar-refractivity contribution in [2.45, 2.75) is 4.90 Å². The molecule has 9 nitrogen and oxygen atoms in total. The highest BCUT2D eigenvalue weighted by molar-refractivity contribution is 7.92. The van der Waals surface area contributed by atoms with Crippen LogP contribution in [0.4, 0.5) is 11.6 Å². The molecule has 0 fully saturated rings. The van der Waals surface area contributed by atoms with Crippen LogP contribution in [0.1, 0.15) is 0 Å². The van der Waals surface area contributed by atoms with E-state index in [0.29, 0.717) is 18.2 Å². The predicted molar refractivity (Wildman–Crippen MR) is 114 cm³/mol. The first-order chi connectivity index (χ1) is 13.6. The summed E-state index contributed by atoms with van der Waals surface area (Å²) < 4.78 is 51.6. The number of para-hydroxylation sites is 2. The summed E-state index contributed by atoms with van der Waals surface area (Å²) in [5.41, 5.74) is 2.06. The fourth-order valence-electron chi connectivity index (χ4n) is 2.73. The molecule has 11 heteroatoms. The number of sulfonamides is 2. The Morgan fingerprint density at radius 3 is 2.24 bits per heavy atom. The molecule has 0 aliphatic heterocycles. The molecule has 1 aromatic heterocycles. The zero-order valence-corrected chi connectivity index (χ0v) is 18.0. The van der Waals surface area contributed by atoms with Gasteiger partial charge in [-0.3, -0.25) is 4.72 Å². The van der Waals surface area contributed by atoms with Crippen molar-refractivity contribution < 1.29 is 16.8 Å². The molecule has 2 aromatic carbocycles. The Kier molecular flexibility index (Phi) is 5.82. The van der Waals surface area contributed by atoms with Crippen molar-refractivity contribution in [3.05, 3.63) is 48.5 Å². The lowest BCUT2D eigenvalue weighted by atomic mass is 10.3. The van der Waals surface area contributed by atoms with Crippen LogP contribution in [0.15, 0.2) is 53.4 Å². The zero-order valence-electron chi connectivity index (χ0n) is 16.3. The number of benzene rings is 2. The van der Waals surface area contributed by atoms with Gasteiger partial charge in [-0.05, 0) is 36.4 Å². The number of imidazole rings is 1. The number of fused-ring (bicyclic) bond motifs is 1. The molecular weight excluding hydrogens is 414 g/mol. The third-order valence-corrected chi connectivity index (χ3v) is 6.83. The predicted octanol–water partition coefficient (Wildman–Crippen LogP) is 1.69. The van der Waals surface area contributed by atoms with Crippen molar-refractivity contribution in [2.24, 2.45) is 0 Å². The van der Waals surface area contributed by atoms with Crippen molar-refractivity contribution in [1.29, 1.82) is 0 Å². The fraction of sp³-hybridized carbons (Fsp3) is 0.278. The lowest BCUT2D eigenvalue weighted by molar-refractivity contribution is 0.473. The van der Waals surface area contributed by atoms with Crippen molar-refractivity contribution in [2.75, 3.05) is 43.1 Å². The van der Waals surface area contributed by atoms with E-state index >= 15 is 0 Å². The summed E-state index contributed by atoms with van der Waals surface area (Å²) >= 11 is 0. The number of rotatable bonds is 8. The fourth-order valence-corrected chi connectivity index (χ4v) is 4.45. The lowest BCUT2D eigenvalue weighted by Gasteiger charge is -2.21. The van der Waals surface area contributed by atoms with E-state index in [2.05, 4.69) is 14.7 Å². The van der Waals surface area contributed by atoms with Gasteiger partial charge in [-0.1, -0.05) is 12.1 Å². The molecule has 1 heterocycles. The minimum absolute atomic E-state index is 0.0884. The van der Waals surface area contributed by atoms with Gasteiger partial charge in [0, 0.05) is 32.9 Å². The van der Waals surface area contributed by atoms with E-state index in [0.717, 1.165) is 17.3 Å². The molecule has 0 unspecified atom stereocenters. The third-order valence-electron chi connectivity index (χ3n) is 4.35. The van der Waals surface area contributed by atoms with Gasteiger partial charge in [0.2, 0.25) is 26.0 Å². The average Bonchev–Trinajstić information content (AvgIpc) is 3.09. The molecule has 0 saturated heterocycles. The molecular formula is C18H23N5O4S2. The highest BCUT2D eigenvalue weighted by atomic mass is 32.2. The molecule has 0 aliphatic carbocycles. The second-order valence-corrected chi connectivity index (χ2v) is 10.5. The Morgan fingerprint density at radius 2 is 1.62 bits per heavy atom. The minimum atomic E-state index is -3.70. The van der Waals surface area contributed by atoms with Gasteiger partial charge >= 0.3 is 0 Å². The Bertz CT molecular complexity index is 1170. The number of nitrogens with zero attached hydrogens (tertiary/aromatic N) is 3. The second-order valence-electron chi connectivity index (χ2n) is 6.72. The maximum atomic E-state index is 12.8. The van der Waals surface area contributed by atoms with E-state index in [1.165, 1.54) is 35.6 Å². The molecule has 0 spiro atoms. The van der Waals surface area contributed by atoms with Crippen LogP contribution in [-0.2, 0) is 20.0 Å². The first-order valence-electron chi connectivity index (χ1n) is 8.76. The monoisotopic (exact) mass is 437 g/mol. The van der Waals surface area contributed by atoms with E-state index in [4.69, 9.17) is 0 Å². The first-order valence-corrected chi connectivity index (χ1v) is 12.1. The minimum Gasteiger partial charge on any atom is -0.344 e. The van der Waals surface area contributed by atoms with Crippen LogP contribution >= 0.6 is 0 Å². The largest absolute Gasteiger partial charge is 0.344 e. The molecule has 156 valence electrons. The quantitative estimate of drug-likeness (QED) is 0.554. The standard InChI is InChI=1S/C18H23N5O4S2/c1-22(18-19-16-6-4-5-7-17(16)20-18)12-13-23(2)29(26,27)15-10-8-14(9-11-15)21-28(3,24)25/h4-11,21H,12-13H2,1-3H3,(H,19,20). The summed E-state index contributed by atoms with van der Waals surface area (Å²) in [5.74, 6) is 0.660. The van der Waals surface area contributed by atoms with Crippen molar-refractivity contribution in [1.82, 2.24) is 14.3 Å². The number of aromatic amines is 1. The smallest absolute Gasteiger partial charge is 0.242 e. The van der Waals surface area contributed by atoms with Crippen LogP contribution in [0.2, 0.25) is 0 Å². The Balaban J connectivity index is 1.66. The van der Waals surface area contributed by atoms with E-state index in [1.807, 2.05) is 36.2 Å². The molecule has 3 rings (SSSR count). The molecule has 0 bridgehead atoms. The number of likely N-dealkylation sites (N-methyl/N-ethyl adjacent to an activating group) is 2. The molecule has 2 N–H and O–H groups in total. The lowest BCUT2D eigenvalue weighted by Crippen LogP contribution is -2.35. The molecule has 29 heavy (non-hydrogen) atoms. The first kappa shape index (κ1) is 21.1. The number of nitrogens with one attached hydrogen (secondary N) is 2. The molecule has 3 aromatic rings. The van der Waals surface area contributed by atoms with Gasteiger partial charge in [0.15, 0.2) is 0 Å². The third kappa shape index (κ3) is 5.05. The molecule has 0 radical (unpaired) electrons. The summed E-state index contributed by atoms with van der Waals surface area (Å²) in [7, 11) is -3.78. The Hall–Kier alpha value is -2.63. The summed E-state index contributed by atoms with van der Waals surface area (Å²) in [6.07, 6.45) is 1.03. The van der Waals surface area contributed by atoms with Gasteiger partial charge in [-0.25, -0.2) is 21.8 Å². The molecule has 0 saturated carbocycles. The normalized spacial score (nSPS) is 12.4. The van der Waals surface area contributed by atoms with Crippen molar-refractivity contribution in [3.63, 3.8) is 0 Å². The van der Waals surface area contributed by atoms with Gasteiger partial charge in [-0.2, -0.15) is 4.31 Å². The maximum Gasteiger partial charge on any atom is 0.242 e. The van der Waals surface area contributed by atoms with Crippen molar-refractivity contribution in [3.8, 4) is 0 Å². The topological polar surface area (TPSA) is 115 Å². The summed E-state index contributed by atoms with van der Waals surface area (Å²) in [6.45, 7) is 0.683. The SMILES string of the molecule is CN(CCN(C)S(=O)(=O)c1ccc(NS(C)(=O)=O)cc1)c1nc2ccccc2[nH]1. The van der Waals surface area contributed by atoms with Crippen LogP contribution in [0.5, 0.6) is 0 Å². The van der Waals surface area contributed by atoms with E-state index < -0.39 is 20.0 Å². The Morgan fingerprint density at radius 1 is 0.966 bits per heavy atom. The van der Waals surface area contributed by atoms with Gasteiger partial charge in [0.25, 0.3) is 0 Å². The second kappa shape index (κ2) is 8.01. The number of H-pyrrole nitrogens is 1. The summed E-state index contributed by atoms with van der Waals surface area (Å²) in [4.78, 5) is 9.64. The average molecular weight is 438 g/mol. The Labute approximate surface area is 170 Å². The van der Waals surface area contributed by atoms with Gasteiger partial charge in [-0.15, -0.1) is 0 Å². The highest BCUT2D eigenvalue weighted by Crippen LogP contribution is 2.19. The number of hydrogen-bond acceptors (Lipinski definition) is 6. The van der Waals surface area contributed by atoms with E-state index in [1.54, 1.807) is 0 Å². The maximum absolute atomic E-state index is 12.8. The van der Waals surface area contributed by atoms with Crippen LogP contribution < -0.4 is 9.62 Å². The van der Waals surface area contributed by atoms with Gasteiger partial charge < -0.3 is 9.88 Å². The van der Waals surface area contributed by atoms with Gasteiger partial charge in [0.05, 0.1) is 22.2 Å². The molecule has 0 atom stereocenters. The number of hydrogen-bond donors (Lipinski definition) is 2.